The van der Waals surface area contributed by atoms with Crippen LogP contribution in [0, 0.1) is 0 Å². The van der Waals surface area contributed by atoms with E-state index in [1.807, 2.05) is 51.1 Å². The van der Waals surface area contributed by atoms with Crippen molar-refractivity contribution < 1.29 is 9.53 Å². The molecular weight excluding hydrogens is 202 g/mol. The van der Waals surface area contributed by atoms with Crippen molar-refractivity contribution in [1.29, 1.82) is 0 Å². The van der Waals surface area contributed by atoms with Crippen molar-refractivity contribution in [2.75, 3.05) is 5.32 Å². The maximum atomic E-state index is 11.7. The van der Waals surface area contributed by atoms with Crippen LogP contribution >= 0.6 is 0 Å². The molecule has 1 N–H and O–H groups in total. The van der Waals surface area contributed by atoms with E-state index >= 15 is 0 Å². The molecule has 3 heteroatoms. The molecule has 3 nitrogen and oxygen atoms in total. The molecule has 0 spiro atoms. The Bertz CT molecular complexity index is 341. The molecule has 0 aliphatic heterocycles. The number of hydrogen-bond donors (Lipinski definition) is 1. The summed E-state index contributed by atoms with van der Waals surface area (Å²) in [5.74, 6) is -0.239. The zero-order valence-electron chi connectivity index (χ0n) is 10.3. The molecule has 0 heterocycles. The van der Waals surface area contributed by atoms with Crippen LogP contribution in [0.1, 0.15) is 27.7 Å². The van der Waals surface area contributed by atoms with Gasteiger partial charge in [-0.3, -0.25) is 0 Å². The number of carbonyl (C=O) groups is 1. The number of rotatable bonds is 3. The van der Waals surface area contributed by atoms with E-state index in [9.17, 15) is 4.79 Å². The molecule has 0 bridgehead atoms. The summed E-state index contributed by atoms with van der Waals surface area (Å²) in [7, 11) is 0. The predicted octanol–water partition coefficient (Wildman–Crippen LogP) is 2.83. The molecule has 1 atom stereocenters. The van der Waals surface area contributed by atoms with Crippen LogP contribution < -0.4 is 5.32 Å². The third-order valence-electron chi connectivity index (χ3n) is 1.92. The first kappa shape index (κ1) is 12.6. The van der Waals surface area contributed by atoms with Gasteiger partial charge in [-0.15, -0.1) is 0 Å². The minimum Gasteiger partial charge on any atom is -0.458 e. The monoisotopic (exact) mass is 221 g/mol. The Hall–Kier alpha value is -1.51. The largest absolute Gasteiger partial charge is 0.458 e. The standard InChI is InChI=1S/C13H19NO2/c1-10(12(15)16-13(2,3)4)14-11-8-6-5-7-9-11/h5-10,14H,1-4H3. The van der Waals surface area contributed by atoms with E-state index in [0.29, 0.717) is 0 Å². The highest BCUT2D eigenvalue weighted by Gasteiger charge is 2.21. The summed E-state index contributed by atoms with van der Waals surface area (Å²) in [5, 5.41) is 3.09. The van der Waals surface area contributed by atoms with Gasteiger partial charge >= 0.3 is 5.97 Å². The van der Waals surface area contributed by atoms with E-state index in [0.717, 1.165) is 5.69 Å². The molecule has 0 radical (unpaired) electrons. The van der Waals surface area contributed by atoms with E-state index < -0.39 is 5.60 Å². The molecule has 0 aromatic heterocycles. The second-order valence-electron chi connectivity index (χ2n) is 4.77. The van der Waals surface area contributed by atoms with Gasteiger partial charge in [0.2, 0.25) is 0 Å². The van der Waals surface area contributed by atoms with Crippen LogP contribution in [0.3, 0.4) is 0 Å². The van der Waals surface area contributed by atoms with Gasteiger partial charge < -0.3 is 10.1 Å². The molecule has 0 saturated heterocycles. The van der Waals surface area contributed by atoms with Gasteiger partial charge in [0.1, 0.15) is 11.6 Å². The van der Waals surface area contributed by atoms with Crippen LogP contribution in [-0.2, 0) is 9.53 Å². The number of benzene rings is 1. The number of hydrogen-bond acceptors (Lipinski definition) is 3. The molecule has 88 valence electrons. The fraction of sp³-hybridized carbons (Fsp3) is 0.462. The lowest BCUT2D eigenvalue weighted by atomic mass is 10.2. The Labute approximate surface area is 96.8 Å². The van der Waals surface area contributed by atoms with Crippen LogP contribution in [0.15, 0.2) is 30.3 Å². The zero-order valence-corrected chi connectivity index (χ0v) is 10.3. The smallest absolute Gasteiger partial charge is 0.328 e. The van der Waals surface area contributed by atoms with Gasteiger partial charge in [-0.1, -0.05) is 18.2 Å². The van der Waals surface area contributed by atoms with Gasteiger partial charge in [0, 0.05) is 5.69 Å². The lowest BCUT2D eigenvalue weighted by Gasteiger charge is -2.23. The molecule has 1 aromatic rings. The Kier molecular flexibility index (Phi) is 3.93. The number of nitrogens with one attached hydrogen (secondary N) is 1. The van der Waals surface area contributed by atoms with Crippen molar-refractivity contribution in [2.45, 2.75) is 39.3 Å². The SMILES string of the molecule is CC(Nc1ccccc1)C(=O)OC(C)(C)C. The first-order valence-corrected chi connectivity index (χ1v) is 5.43. The molecule has 0 amide bonds. The van der Waals surface area contributed by atoms with Crippen LogP contribution in [-0.4, -0.2) is 17.6 Å². The van der Waals surface area contributed by atoms with Gasteiger partial charge in [0.15, 0.2) is 0 Å². The minimum absolute atomic E-state index is 0.239. The fourth-order valence-corrected chi connectivity index (χ4v) is 1.23. The van der Waals surface area contributed by atoms with Gasteiger partial charge in [0.05, 0.1) is 0 Å². The highest BCUT2D eigenvalue weighted by Crippen LogP contribution is 2.11. The summed E-state index contributed by atoms with van der Waals surface area (Å²) in [6.45, 7) is 7.38. The summed E-state index contributed by atoms with van der Waals surface area (Å²) >= 11 is 0. The van der Waals surface area contributed by atoms with Crippen molar-refractivity contribution in [2.24, 2.45) is 0 Å². The van der Waals surface area contributed by atoms with E-state index in [2.05, 4.69) is 5.32 Å². The second-order valence-corrected chi connectivity index (χ2v) is 4.77. The topological polar surface area (TPSA) is 38.3 Å². The second kappa shape index (κ2) is 5.01. The summed E-state index contributed by atoms with van der Waals surface area (Å²) in [4.78, 5) is 11.7. The van der Waals surface area contributed by atoms with Crippen LogP contribution in [0.4, 0.5) is 5.69 Å². The minimum atomic E-state index is -0.441. The third-order valence-corrected chi connectivity index (χ3v) is 1.92. The summed E-state index contributed by atoms with van der Waals surface area (Å²) in [6.07, 6.45) is 0. The number of anilines is 1. The van der Waals surface area contributed by atoms with Crippen molar-refractivity contribution in [1.82, 2.24) is 0 Å². The molecule has 1 aromatic carbocycles. The molecule has 16 heavy (non-hydrogen) atoms. The maximum Gasteiger partial charge on any atom is 0.328 e. The van der Waals surface area contributed by atoms with Gasteiger partial charge in [-0.25, -0.2) is 4.79 Å². The van der Waals surface area contributed by atoms with E-state index in [4.69, 9.17) is 4.74 Å². The average Bonchev–Trinajstić information content (AvgIpc) is 2.16. The van der Waals surface area contributed by atoms with Crippen LogP contribution in [0.5, 0.6) is 0 Å². The van der Waals surface area contributed by atoms with Crippen molar-refractivity contribution in [3.05, 3.63) is 30.3 Å². The van der Waals surface area contributed by atoms with E-state index in [1.54, 1.807) is 6.92 Å². The number of carbonyl (C=O) groups excluding carboxylic acids is 1. The summed E-state index contributed by atoms with van der Waals surface area (Å²) < 4.78 is 5.27. The van der Waals surface area contributed by atoms with E-state index in [1.165, 1.54) is 0 Å². The Morgan fingerprint density at radius 1 is 1.25 bits per heavy atom. The van der Waals surface area contributed by atoms with Gasteiger partial charge in [-0.2, -0.15) is 0 Å². The van der Waals surface area contributed by atoms with Crippen LogP contribution in [0.2, 0.25) is 0 Å². The van der Waals surface area contributed by atoms with Crippen molar-refractivity contribution in [3.63, 3.8) is 0 Å². The van der Waals surface area contributed by atoms with Crippen molar-refractivity contribution >= 4 is 11.7 Å². The highest BCUT2D eigenvalue weighted by atomic mass is 16.6. The van der Waals surface area contributed by atoms with Gasteiger partial charge in [-0.05, 0) is 39.8 Å². The first-order chi connectivity index (χ1) is 7.38. The summed E-state index contributed by atoms with van der Waals surface area (Å²) in [6, 6.07) is 9.26. The number of ether oxygens (including phenoxy) is 1. The predicted molar refractivity (Wildman–Crippen MR) is 65.4 cm³/mol. The molecule has 0 aliphatic rings. The Morgan fingerprint density at radius 2 is 1.81 bits per heavy atom. The maximum absolute atomic E-state index is 11.7. The fourth-order valence-electron chi connectivity index (χ4n) is 1.23. The molecule has 1 unspecified atom stereocenters. The first-order valence-electron chi connectivity index (χ1n) is 5.43. The third kappa shape index (κ3) is 4.34. The molecule has 0 saturated carbocycles. The zero-order chi connectivity index (χ0) is 12.2. The number of esters is 1. The Morgan fingerprint density at radius 3 is 2.31 bits per heavy atom. The van der Waals surface area contributed by atoms with E-state index in [-0.39, 0.29) is 12.0 Å². The normalized spacial score (nSPS) is 13.0. The quantitative estimate of drug-likeness (QED) is 0.798. The average molecular weight is 221 g/mol. The summed E-state index contributed by atoms with van der Waals surface area (Å²) in [5.41, 5.74) is 0.477. The Balaban J connectivity index is 2.53. The highest BCUT2D eigenvalue weighted by molar-refractivity contribution is 5.79. The lowest BCUT2D eigenvalue weighted by Crippen LogP contribution is -2.34. The van der Waals surface area contributed by atoms with Crippen LogP contribution in [0.25, 0.3) is 0 Å². The van der Waals surface area contributed by atoms with Gasteiger partial charge in [0.25, 0.3) is 0 Å². The van der Waals surface area contributed by atoms with Crippen molar-refractivity contribution in [3.8, 4) is 0 Å². The number of para-hydroxylation sites is 1. The molecule has 0 fully saturated rings. The molecular formula is C13H19NO2. The molecule has 1 rings (SSSR count). The molecule has 0 aliphatic carbocycles. The lowest BCUT2D eigenvalue weighted by molar-refractivity contribution is -0.155.